The number of carbonyl (C=O) groups excluding carboxylic acids is 1. The average molecular weight is 362 g/mol. The van der Waals surface area contributed by atoms with Gasteiger partial charge in [0.1, 0.15) is 6.54 Å². The van der Waals surface area contributed by atoms with Crippen LogP contribution in [-0.4, -0.2) is 31.9 Å². The SMILES string of the molecule is CC(=O)Nc1ccc(S(=O)(=O)N(CC(=O)O)c2cccc(C)c2)cc1. The summed E-state index contributed by atoms with van der Waals surface area (Å²) < 4.78 is 26.6. The maximum Gasteiger partial charge on any atom is 0.324 e. The normalized spacial score (nSPS) is 11.0. The number of anilines is 2. The minimum Gasteiger partial charge on any atom is -0.480 e. The lowest BCUT2D eigenvalue weighted by atomic mass is 10.2. The van der Waals surface area contributed by atoms with Gasteiger partial charge in [0.05, 0.1) is 10.6 Å². The van der Waals surface area contributed by atoms with E-state index in [2.05, 4.69) is 5.32 Å². The molecule has 2 aromatic carbocycles. The molecule has 0 atom stereocenters. The highest BCUT2D eigenvalue weighted by molar-refractivity contribution is 7.92. The number of aliphatic carboxylic acids is 1. The molecule has 0 aliphatic heterocycles. The van der Waals surface area contributed by atoms with Gasteiger partial charge in [0.2, 0.25) is 5.91 Å². The summed E-state index contributed by atoms with van der Waals surface area (Å²) in [5.41, 5.74) is 1.53. The number of carbonyl (C=O) groups is 2. The molecule has 0 unspecified atom stereocenters. The molecule has 7 nitrogen and oxygen atoms in total. The quantitative estimate of drug-likeness (QED) is 0.820. The fourth-order valence-corrected chi connectivity index (χ4v) is 3.67. The predicted octanol–water partition coefficient (Wildman–Crippen LogP) is 2.23. The number of rotatable bonds is 6. The van der Waals surface area contributed by atoms with Crippen molar-refractivity contribution in [2.45, 2.75) is 18.7 Å². The summed E-state index contributed by atoms with van der Waals surface area (Å²) in [6, 6.07) is 12.1. The standard InChI is InChI=1S/C17H18N2O5S/c1-12-4-3-5-15(10-12)19(11-17(21)22)25(23,24)16-8-6-14(7-9-16)18-13(2)20/h3-10H,11H2,1-2H3,(H,18,20)(H,21,22). The second-order valence-corrected chi connectivity index (χ2v) is 7.31. The Morgan fingerprint density at radius 2 is 1.76 bits per heavy atom. The summed E-state index contributed by atoms with van der Waals surface area (Å²) in [7, 11) is -4.07. The van der Waals surface area contributed by atoms with E-state index in [1.165, 1.54) is 31.2 Å². The van der Waals surface area contributed by atoms with E-state index in [-0.39, 0.29) is 16.5 Å². The predicted molar refractivity (Wildman–Crippen MR) is 94.1 cm³/mol. The van der Waals surface area contributed by atoms with Crippen LogP contribution in [0.2, 0.25) is 0 Å². The average Bonchev–Trinajstić information content (AvgIpc) is 2.52. The molecule has 1 amide bonds. The molecule has 132 valence electrons. The van der Waals surface area contributed by atoms with Gasteiger partial charge in [-0.25, -0.2) is 8.42 Å². The summed E-state index contributed by atoms with van der Waals surface area (Å²) in [5.74, 6) is -1.54. The summed E-state index contributed by atoms with van der Waals surface area (Å²) in [6.07, 6.45) is 0. The van der Waals surface area contributed by atoms with Gasteiger partial charge in [0.15, 0.2) is 0 Å². The Hall–Kier alpha value is -2.87. The first-order valence-corrected chi connectivity index (χ1v) is 8.83. The van der Waals surface area contributed by atoms with Crippen molar-refractivity contribution >= 4 is 33.3 Å². The lowest BCUT2D eigenvalue weighted by Crippen LogP contribution is -2.35. The third-order valence-corrected chi connectivity index (χ3v) is 5.12. The number of nitrogens with one attached hydrogen (secondary N) is 1. The van der Waals surface area contributed by atoms with Crippen LogP contribution in [0.15, 0.2) is 53.4 Å². The number of nitrogens with zero attached hydrogens (tertiary/aromatic N) is 1. The van der Waals surface area contributed by atoms with E-state index in [4.69, 9.17) is 5.11 Å². The molecular weight excluding hydrogens is 344 g/mol. The van der Waals surface area contributed by atoms with Crippen LogP contribution >= 0.6 is 0 Å². The smallest absolute Gasteiger partial charge is 0.324 e. The largest absolute Gasteiger partial charge is 0.480 e. The fourth-order valence-electron chi connectivity index (χ4n) is 2.26. The van der Waals surface area contributed by atoms with Crippen molar-refractivity contribution in [1.82, 2.24) is 0 Å². The Bertz CT molecular complexity index is 892. The fraction of sp³-hybridized carbons (Fsp3) is 0.176. The molecule has 2 rings (SSSR count). The maximum atomic E-state index is 12.9. The van der Waals surface area contributed by atoms with Crippen LogP contribution in [-0.2, 0) is 19.6 Å². The molecule has 0 fully saturated rings. The summed E-state index contributed by atoms with van der Waals surface area (Å²) in [5, 5.41) is 11.7. The zero-order chi connectivity index (χ0) is 18.6. The number of aryl methyl sites for hydroxylation is 1. The molecular formula is C17H18N2O5S. The van der Waals surface area contributed by atoms with Crippen LogP contribution in [0.1, 0.15) is 12.5 Å². The first-order chi connectivity index (χ1) is 11.7. The molecule has 2 N–H and O–H groups in total. The lowest BCUT2D eigenvalue weighted by Gasteiger charge is -2.23. The second kappa shape index (κ2) is 7.35. The zero-order valence-corrected chi connectivity index (χ0v) is 14.6. The number of benzene rings is 2. The molecule has 0 aliphatic rings. The second-order valence-electron chi connectivity index (χ2n) is 5.45. The molecule has 8 heteroatoms. The third kappa shape index (κ3) is 4.57. The van der Waals surface area contributed by atoms with Crippen LogP contribution in [0, 0.1) is 6.92 Å². The molecule has 0 aliphatic carbocycles. The van der Waals surface area contributed by atoms with E-state index in [0.717, 1.165) is 9.87 Å². The third-order valence-electron chi connectivity index (χ3n) is 3.33. The molecule has 0 saturated carbocycles. The minimum atomic E-state index is -4.07. The van der Waals surface area contributed by atoms with Crippen molar-refractivity contribution < 1.29 is 23.1 Å². The summed E-state index contributed by atoms with van der Waals surface area (Å²) in [4.78, 5) is 22.1. The van der Waals surface area contributed by atoms with Gasteiger partial charge < -0.3 is 10.4 Å². The van der Waals surface area contributed by atoms with Crippen LogP contribution < -0.4 is 9.62 Å². The van der Waals surface area contributed by atoms with Gasteiger partial charge in [-0.15, -0.1) is 0 Å². The molecule has 0 bridgehead atoms. The van der Waals surface area contributed by atoms with E-state index in [1.54, 1.807) is 31.2 Å². The number of carboxylic acids is 1. The van der Waals surface area contributed by atoms with Gasteiger partial charge >= 0.3 is 5.97 Å². The van der Waals surface area contributed by atoms with Gasteiger partial charge in [0.25, 0.3) is 10.0 Å². The molecule has 0 saturated heterocycles. The van der Waals surface area contributed by atoms with E-state index < -0.39 is 22.5 Å². The van der Waals surface area contributed by atoms with Crippen LogP contribution in [0.25, 0.3) is 0 Å². The van der Waals surface area contributed by atoms with Gasteiger partial charge in [0, 0.05) is 12.6 Å². The van der Waals surface area contributed by atoms with Gasteiger partial charge in [-0.2, -0.15) is 0 Å². The molecule has 0 aromatic heterocycles. The molecule has 2 aromatic rings. The summed E-state index contributed by atoms with van der Waals surface area (Å²) in [6.45, 7) is 2.44. The Morgan fingerprint density at radius 3 is 2.28 bits per heavy atom. The number of amides is 1. The molecule has 0 heterocycles. The zero-order valence-electron chi connectivity index (χ0n) is 13.8. The van der Waals surface area contributed by atoms with E-state index in [0.29, 0.717) is 5.69 Å². The van der Waals surface area contributed by atoms with Gasteiger partial charge in [-0.1, -0.05) is 12.1 Å². The highest BCUT2D eigenvalue weighted by Crippen LogP contribution is 2.25. The Labute approximate surface area is 146 Å². The van der Waals surface area contributed by atoms with Crippen molar-refractivity contribution in [1.29, 1.82) is 0 Å². The Kier molecular flexibility index (Phi) is 5.43. The Balaban J connectivity index is 2.44. The highest BCUT2D eigenvalue weighted by Gasteiger charge is 2.27. The van der Waals surface area contributed by atoms with E-state index >= 15 is 0 Å². The van der Waals surface area contributed by atoms with Crippen LogP contribution in [0.3, 0.4) is 0 Å². The molecule has 25 heavy (non-hydrogen) atoms. The Morgan fingerprint density at radius 1 is 1.12 bits per heavy atom. The van der Waals surface area contributed by atoms with Crippen molar-refractivity contribution in [3.63, 3.8) is 0 Å². The monoisotopic (exact) mass is 362 g/mol. The van der Waals surface area contributed by atoms with Crippen LogP contribution in [0.5, 0.6) is 0 Å². The lowest BCUT2D eigenvalue weighted by molar-refractivity contribution is -0.135. The highest BCUT2D eigenvalue weighted by atomic mass is 32.2. The molecule has 0 radical (unpaired) electrons. The number of carboxylic acid groups (broad SMARTS) is 1. The first kappa shape index (κ1) is 18.5. The summed E-state index contributed by atoms with van der Waals surface area (Å²) >= 11 is 0. The molecule has 0 spiro atoms. The van der Waals surface area contributed by atoms with E-state index in [1.807, 2.05) is 0 Å². The number of hydrogen-bond acceptors (Lipinski definition) is 4. The van der Waals surface area contributed by atoms with Crippen LogP contribution in [0.4, 0.5) is 11.4 Å². The van der Waals surface area contributed by atoms with Gasteiger partial charge in [-0.3, -0.25) is 13.9 Å². The van der Waals surface area contributed by atoms with Crippen molar-refractivity contribution in [3.05, 3.63) is 54.1 Å². The van der Waals surface area contributed by atoms with E-state index in [9.17, 15) is 18.0 Å². The van der Waals surface area contributed by atoms with Crippen molar-refractivity contribution in [2.24, 2.45) is 0 Å². The first-order valence-electron chi connectivity index (χ1n) is 7.39. The number of sulfonamides is 1. The number of hydrogen-bond donors (Lipinski definition) is 2. The maximum absolute atomic E-state index is 12.9. The van der Waals surface area contributed by atoms with Crippen molar-refractivity contribution in [3.8, 4) is 0 Å². The van der Waals surface area contributed by atoms with Crippen molar-refractivity contribution in [2.75, 3.05) is 16.2 Å². The minimum absolute atomic E-state index is 0.0654. The topological polar surface area (TPSA) is 104 Å². The van der Waals surface area contributed by atoms with Gasteiger partial charge in [-0.05, 0) is 48.9 Å².